The third kappa shape index (κ3) is 1.20. The van der Waals surface area contributed by atoms with Crippen molar-refractivity contribution < 1.29 is 14.6 Å². The third-order valence-corrected chi connectivity index (χ3v) is 2.08. The first kappa shape index (κ1) is 8.08. The molecule has 0 aromatic carbocycles. The van der Waals surface area contributed by atoms with Crippen molar-refractivity contribution in [1.29, 1.82) is 0 Å². The maximum Gasteiger partial charge on any atom is 0.303 e. The molecule has 0 aliphatic carbocycles. The molecule has 0 saturated carbocycles. The van der Waals surface area contributed by atoms with Gasteiger partial charge in [0, 0.05) is 11.1 Å². The third-order valence-electron chi connectivity index (χ3n) is 1.44. The SMILES string of the molecule is [B][C@H]1C(=O)OC(CBr)C1O. The lowest BCUT2D eigenvalue weighted by Crippen LogP contribution is -2.24. The van der Waals surface area contributed by atoms with E-state index >= 15 is 0 Å². The first-order valence-corrected chi connectivity index (χ1v) is 3.99. The van der Waals surface area contributed by atoms with Crippen LogP contribution in [-0.2, 0) is 9.53 Å². The van der Waals surface area contributed by atoms with Gasteiger partial charge in [-0.3, -0.25) is 4.79 Å². The van der Waals surface area contributed by atoms with Gasteiger partial charge in [0.1, 0.15) is 6.10 Å². The number of carbonyl (C=O) groups excluding carboxylic acids is 1. The van der Waals surface area contributed by atoms with Crippen LogP contribution in [0.25, 0.3) is 0 Å². The van der Waals surface area contributed by atoms with E-state index in [0.29, 0.717) is 5.33 Å². The van der Waals surface area contributed by atoms with Crippen molar-refractivity contribution >= 4 is 29.7 Å². The van der Waals surface area contributed by atoms with E-state index in [1.54, 1.807) is 0 Å². The maximum absolute atomic E-state index is 10.6. The van der Waals surface area contributed by atoms with Crippen molar-refractivity contribution in [3.63, 3.8) is 0 Å². The number of rotatable bonds is 1. The molecular formula is C5H6BBrO3. The van der Waals surface area contributed by atoms with E-state index in [1.165, 1.54) is 0 Å². The molecule has 1 aliphatic heterocycles. The summed E-state index contributed by atoms with van der Waals surface area (Å²) >= 11 is 3.08. The molecule has 1 heterocycles. The molecule has 0 aromatic rings. The minimum absolute atomic E-state index is 0.424. The fourth-order valence-corrected chi connectivity index (χ4v) is 1.31. The molecule has 0 spiro atoms. The normalized spacial score (nSPS) is 39.8. The molecule has 1 rings (SSSR count). The van der Waals surface area contributed by atoms with E-state index in [-0.39, 0.29) is 0 Å². The van der Waals surface area contributed by atoms with E-state index in [9.17, 15) is 4.79 Å². The molecule has 10 heavy (non-hydrogen) atoms. The number of esters is 1. The van der Waals surface area contributed by atoms with Crippen LogP contribution in [0.15, 0.2) is 0 Å². The van der Waals surface area contributed by atoms with Crippen LogP contribution in [-0.4, -0.2) is 36.5 Å². The predicted octanol–water partition coefficient (Wildman–Crippen LogP) is -0.375. The van der Waals surface area contributed by atoms with Gasteiger partial charge < -0.3 is 9.84 Å². The van der Waals surface area contributed by atoms with Gasteiger partial charge in [-0.25, -0.2) is 0 Å². The second-order valence-corrected chi connectivity index (χ2v) is 2.79. The van der Waals surface area contributed by atoms with Crippen molar-refractivity contribution in [2.45, 2.75) is 18.0 Å². The smallest absolute Gasteiger partial charge is 0.303 e. The second-order valence-electron chi connectivity index (χ2n) is 2.15. The monoisotopic (exact) mass is 204 g/mol. The van der Waals surface area contributed by atoms with Crippen molar-refractivity contribution in [3.05, 3.63) is 0 Å². The zero-order valence-electron chi connectivity index (χ0n) is 5.16. The van der Waals surface area contributed by atoms with Crippen LogP contribution in [0, 0.1) is 0 Å². The van der Waals surface area contributed by atoms with Crippen LogP contribution in [0.2, 0.25) is 5.82 Å². The molecule has 5 heteroatoms. The average molecular weight is 205 g/mol. The lowest BCUT2D eigenvalue weighted by molar-refractivity contribution is -0.140. The van der Waals surface area contributed by atoms with Gasteiger partial charge in [-0.15, -0.1) is 0 Å². The summed E-state index contributed by atoms with van der Waals surface area (Å²) in [7, 11) is 5.24. The van der Waals surface area contributed by atoms with E-state index in [0.717, 1.165) is 0 Å². The maximum atomic E-state index is 10.6. The Morgan fingerprint density at radius 2 is 2.40 bits per heavy atom. The fraction of sp³-hybridized carbons (Fsp3) is 0.800. The summed E-state index contributed by atoms with van der Waals surface area (Å²) in [6, 6.07) is 0. The summed E-state index contributed by atoms with van der Waals surface area (Å²) < 4.78 is 4.67. The van der Waals surface area contributed by atoms with Gasteiger partial charge >= 0.3 is 5.97 Å². The largest absolute Gasteiger partial charge is 0.459 e. The number of hydrogen-bond acceptors (Lipinski definition) is 3. The van der Waals surface area contributed by atoms with Gasteiger partial charge in [0.15, 0.2) is 0 Å². The van der Waals surface area contributed by atoms with Crippen molar-refractivity contribution in [2.75, 3.05) is 5.33 Å². The molecule has 54 valence electrons. The van der Waals surface area contributed by atoms with E-state index in [1.807, 2.05) is 0 Å². The molecule has 1 fully saturated rings. The molecule has 1 aliphatic rings. The summed E-state index contributed by atoms with van der Waals surface area (Å²) in [4.78, 5) is 10.6. The quantitative estimate of drug-likeness (QED) is 0.360. The lowest BCUT2D eigenvalue weighted by Gasteiger charge is -2.09. The van der Waals surface area contributed by atoms with Crippen LogP contribution in [0.5, 0.6) is 0 Å². The molecule has 2 radical (unpaired) electrons. The van der Waals surface area contributed by atoms with Gasteiger partial charge in [-0.2, -0.15) is 0 Å². The molecule has 1 N–H and O–H groups in total. The highest BCUT2D eigenvalue weighted by Crippen LogP contribution is 2.24. The molecule has 0 bridgehead atoms. The Balaban J connectivity index is 2.61. The second kappa shape index (κ2) is 2.92. The van der Waals surface area contributed by atoms with Gasteiger partial charge in [0.05, 0.1) is 14.0 Å². The number of alkyl halides is 1. The van der Waals surface area contributed by atoms with E-state index in [4.69, 9.17) is 13.0 Å². The Kier molecular flexibility index (Phi) is 2.36. The highest BCUT2D eigenvalue weighted by Gasteiger charge is 2.39. The Hall–Kier alpha value is -0.0251. The molecule has 1 saturated heterocycles. The van der Waals surface area contributed by atoms with Crippen LogP contribution in [0.1, 0.15) is 0 Å². The van der Waals surface area contributed by atoms with Crippen LogP contribution in [0.3, 0.4) is 0 Å². The lowest BCUT2D eigenvalue weighted by atomic mass is 9.83. The first-order chi connectivity index (χ1) is 4.66. The standard InChI is InChI=1S/C5H6BBrO3/c6-3-4(8)2(1-7)10-5(3)9/h2-4,8H,1H2/t2?,3-,4?/m1/s1. The number of aliphatic hydroxyl groups excluding tert-OH is 1. The number of halogens is 1. The summed E-state index contributed by atoms with van der Waals surface area (Å²) in [6.07, 6.45) is -1.35. The Morgan fingerprint density at radius 1 is 1.80 bits per heavy atom. The summed E-state index contributed by atoms with van der Waals surface area (Å²) in [5.41, 5.74) is 0. The average Bonchev–Trinajstić information content (AvgIpc) is 2.17. The van der Waals surface area contributed by atoms with Crippen molar-refractivity contribution in [1.82, 2.24) is 0 Å². The zero-order valence-corrected chi connectivity index (χ0v) is 6.74. The molecule has 2 unspecified atom stereocenters. The summed E-state index contributed by atoms with van der Waals surface area (Å²) in [5, 5.41) is 9.55. The zero-order chi connectivity index (χ0) is 7.72. The Bertz CT molecular complexity index is 152. The van der Waals surface area contributed by atoms with E-state index < -0.39 is 24.0 Å². The summed E-state index contributed by atoms with van der Waals surface area (Å²) in [6.45, 7) is 0. The van der Waals surface area contributed by atoms with Crippen LogP contribution >= 0.6 is 15.9 Å². The predicted molar refractivity (Wildman–Crippen MR) is 39.2 cm³/mol. The summed E-state index contributed by atoms with van der Waals surface area (Å²) in [5.74, 6) is -1.40. The van der Waals surface area contributed by atoms with E-state index in [2.05, 4.69) is 20.7 Å². The Labute approximate surface area is 68.3 Å². The Morgan fingerprint density at radius 3 is 2.60 bits per heavy atom. The molecule has 3 nitrogen and oxygen atoms in total. The highest BCUT2D eigenvalue weighted by molar-refractivity contribution is 9.09. The highest BCUT2D eigenvalue weighted by atomic mass is 79.9. The molecule has 0 amide bonds. The minimum atomic E-state index is -0.873. The van der Waals surface area contributed by atoms with Crippen molar-refractivity contribution in [2.24, 2.45) is 0 Å². The number of hydrogen-bond donors (Lipinski definition) is 1. The molecular weight excluding hydrogens is 199 g/mol. The number of carbonyl (C=O) groups is 1. The first-order valence-electron chi connectivity index (χ1n) is 2.87. The van der Waals surface area contributed by atoms with Crippen molar-refractivity contribution in [3.8, 4) is 0 Å². The van der Waals surface area contributed by atoms with Gasteiger partial charge in [0.2, 0.25) is 0 Å². The van der Waals surface area contributed by atoms with Crippen LogP contribution in [0.4, 0.5) is 0 Å². The fourth-order valence-electron chi connectivity index (χ4n) is 0.791. The van der Waals surface area contributed by atoms with Gasteiger partial charge in [0.25, 0.3) is 0 Å². The molecule has 3 atom stereocenters. The topological polar surface area (TPSA) is 46.5 Å². The van der Waals surface area contributed by atoms with Gasteiger partial charge in [-0.05, 0) is 0 Å². The minimum Gasteiger partial charge on any atom is -0.459 e. The van der Waals surface area contributed by atoms with Gasteiger partial charge in [-0.1, -0.05) is 15.9 Å². The molecule has 0 aromatic heterocycles. The number of ether oxygens (including phenoxy) is 1. The number of cyclic esters (lactones) is 1. The van der Waals surface area contributed by atoms with Crippen LogP contribution < -0.4 is 0 Å². The number of aliphatic hydroxyl groups is 1.